The molecule has 1 saturated heterocycles. The molecule has 142 valence electrons. The summed E-state index contributed by atoms with van der Waals surface area (Å²) in [6.07, 6.45) is 6.67. The molecule has 2 aromatic rings. The Morgan fingerprint density at radius 3 is 2.44 bits per heavy atom. The number of pyridine rings is 1. The van der Waals surface area contributed by atoms with E-state index in [1.54, 1.807) is 6.20 Å². The van der Waals surface area contributed by atoms with Crippen LogP contribution in [0.1, 0.15) is 53.3 Å². The average molecular weight is 365 g/mol. The molecule has 6 nitrogen and oxygen atoms in total. The van der Waals surface area contributed by atoms with Gasteiger partial charge in [0.2, 0.25) is 0 Å². The molecule has 0 aliphatic carbocycles. The Kier molecular flexibility index (Phi) is 5.09. The molecule has 1 amide bonds. The summed E-state index contributed by atoms with van der Waals surface area (Å²) in [6, 6.07) is 10.0. The summed E-state index contributed by atoms with van der Waals surface area (Å²) in [6.45, 7) is 2.63. The van der Waals surface area contributed by atoms with Gasteiger partial charge in [0.15, 0.2) is 0 Å². The number of aromatic nitrogens is 1. The highest BCUT2D eigenvalue weighted by Gasteiger charge is 2.24. The van der Waals surface area contributed by atoms with Crippen LogP contribution in [-0.2, 0) is 6.42 Å². The van der Waals surface area contributed by atoms with Crippen molar-refractivity contribution in [2.75, 3.05) is 24.5 Å². The number of likely N-dealkylation sites (tertiary alicyclic amines) is 1. The van der Waals surface area contributed by atoms with Gasteiger partial charge in [-0.1, -0.05) is 12.1 Å². The predicted molar refractivity (Wildman–Crippen MR) is 107 cm³/mol. The fraction of sp³-hybridized carbons (Fsp3) is 0.429. The van der Waals surface area contributed by atoms with Gasteiger partial charge >= 0.3 is 0 Å². The number of hydrogen-bond donors (Lipinski definition) is 2. The SMILES string of the molecule is NC(N)c1ccc(N2CCCc3cc(C(=O)N4CCCCC4)cnc32)cc1. The maximum absolute atomic E-state index is 12.8. The minimum Gasteiger partial charge on any atom is -0.339 e. The van der Waals surface area contributed by atoms with Crippen LogP contribution in [0.25, 0.3) is 0 Å². The average Bonchev–Trinajstić information content (AvgIpc) is 2.73. The predicted octanol–water partition coefficient (Wildman–Crippen LogP) is 2.71. The number of piperidine rings is 1. The first-order valence-corrected chi connectivity index (χ1v) is 9.80. The Balaban J connectivity index is 1.59. The molecular weight excluding hydrogens is 338 g/mol. The van der Waals surface area contributed by atoms with Crippen molar-refractivity contribution in [3.05, 3.63) is 53.2 Å². The zero-order valence-corrected chi connectivity index (χ0v) is 15.6. The first kappa shape index (κ1) is 17.9. The molecule has 27 heavy (non-hydrogen) atoms. The maximum atomic E-state index is 12.8. The third-order valence-corrected chi connectivity index (χ3v) is 5.51. The van der Waals surface area contributed by atoms with Crippen LogP contribution in [-0.4, -0.2) is 35.4 Å². The molecule has 6 heteroatoms. The lowest BCUT2D eigenvalue weighted by Gasteiger charge is -2.31. The van der Waals surface area contributed by atoms with Crippen molar-refractivity contribution in [1.82, 2.24) is 9.88 Å². The summed E-state index contributed by atoms with van der Waals surface area (Å²) in [7, 11) is 0. The molecule has 2 aliphatic rings. The van der Waals surface area contributed by atoms with E-state index < -0.39 is 6.17 Å². The van der Waals surface area contributed by atoms with Gasteiger partial charge in [-0.2, -0.15) is 0 Å². The molecule has 0 saturated carbocycles. The Hall–Kier alpha value is -2.44. The van der Waals surface area contributed by atoms with Crippen LogP contribution in [0.2, 0.25) is 0 Å². The molecule has 1 aromatic carbocycles. The Morgan fingerprint density at radius 1 is 1.00 bits per heavy atom. The number of benzene rings is 1. The van der Waals surface area contributed by atoms with E-state index in [1.165, 1.54) is 6.42 Å². The van der Waals surface area contributed by atoms with E-state index in [0.29, 0.717) is 5.56 Å². The minimum atomic E-state index is -0.464. The second kappa shape index (κ2) is 7.66. The second-order valence-electron chi connectivity index (χ2n) is 7.43. The number of nitrogens with zero attached hydrogens (tertiary/aromatic N) is 3. The third kappa shape index (κ3) is 3.68. The van der Waals surface area contributed by atoms with Gasteiger partial charge in [0.05, 0.1) is 11.7 Å². The molecule has 4 N–H and O–H groups in total. The number of rotatable bonds is 3. The first-order valence-electron chi connectivity index (χ1n) is 9.80. The van der Waals surface area contributed by atoms with Gasteiger partial charge in [-0.3, -0.25) is 4.79 Å². The van der Waals surface area contributed by atoms with Crippen LogP contribution < -0.4 is 16.4 Å². The normalized spacial score (nSPS) is 17.1. The van der Waals surface area contributed by atoms with Gasteiger partial charge in [0.25, 0.3) is 5.91 Å². The lowest BCUT2D eigenvalue weighted by molar-refractivity contribution is 0.0724. The number of carbonyl (C=O) groups is 1. The van der Waals surface area contributed by atoms with E-state index in [2.05, 4.69) is 9.88 Å². The smallest absolute Gasteiger partial charge is 0.255 e. The second-order valence-corrected chi connectivity index (χ2v) is 7.43. The molecule has 0 bridgehead atoms. The maximum Gasteiger partial charge on any atom is 0.255 e. The van der Waals surface area contributed by atoms with Crippen molar-refractivity contribution in [1.29, 1.82) is 0 Å². The van der Waals surface area contributed by atoms with E-state index in [-0.39, 0.29) is 5.91 Å². The quantitative estimate of drug-likeness (QED) is 0.817. The first-order chi connectivity index (χ1) is 13.1. The van der Waals surface area contributed by atoms with E-state index in [4.69, 9.17) is 11.5 Å². The molecule has 1 fully saturated rings. The monoisotopic (exact) mass is 365 g/mol. The highest BCUT2D eigenvalue weighted by molar-refractivity contribution is 5.94. The van der Waals surface area contributed by atoms with Crippen molar-refractivity contribution in [2.45, 2.75) is 38.3 Å². The van der Waals surface area contributed by atoms with E-state index in [1.807, 2.05) is 35.2 Å². The van der Waals surface area contributed by atoms with Gasteiger partial charge < -0.3 is 21.3 Å². The number of amides is 1. The largest absolute Gasteiger partial charge is 0.339 e. The van der Waals surface area contributed by atoms with Gasteiger partial charge in [-0.05, 0) is 61.4 Å². The molecule has 3 heterocycles. The molecule has 2 aliphatic heterocycles. The molecule has 1 aromatic heterocycles. The van der Waals surface area contributed by atoms with Crippen LogP contribution in [0.5, 0.6) is 0 Å². The number of hydrogen-bond acceptors (Lipinski definition) is 5. The van der Waals surface area contributed by atoms with Crippen molar-refractivity contribution in [3.63, 3.8) is 0 Å². The summed E-state index contributed by atoms with van der Waals surface area (Å²) in [5.74, 6) is 1.06. The summed E-state index contributed by atoms with van der Waals surface area (Å²) in [5, 5.41) is 0. The highest BCUT2D eigenvalue weighted by Crippen LogP contribution is 2.32. The zero-order chi connectivity index (χ0) is 18.8. The van der Waals surface area contributed by atoms with Crippen LogP contribution in [0.3, 0.4) is 0 Å². The van der Waals surface area contributed by atoms with E-state index in [9.17, 15) is 4.79 Å². The Labute approximate surface area is 160 Å². The molecule has 4 rings (SSSR count). The molecule has 0 radical (unpaired) electrons. The third-order valence-electron chi connectivity index (χ3n) is 5.51. The van der Waals surface area contributed by atoms with Gasteiger partial charge in [-0.25, -0.2) is 4.98 Å². The Morgan fingerprint density at radius 2 is 1.74 bits per heavy atom. The summed E-state index contributed by atoms with van der Waals surface area (Å²) >= 11 is 0. The summed E-state index contributed by atoms with van der Waals surface area (Å²) in [4.78, 5) is 21.6. The lowest BCUT2D eigenvalue weighted by atomic mass is 10.0. The van der Waals surface area contributed by atoms with Crippen molar-refractivity contribution in [2.24, 2.45) is 11.5 Å². The van der Waals surface area contributed by atoms with Gasteiger partial charge in [-0.15, -0.1) is 0 Å². The van der Waals surface area contributed by atoms with E-state index >= 15 is 0 Å². The summed E-state index contributed by atoms with van der Waals surface area (Å²) < 4.78 is 0. The van der Waals surface area contributed by atoms with Crippen molar-refractivity contribution >= 4 is 17.4 Å². The number of fused-ring (bicyclic) bond motifs is 1. The summed E-state index contributed by atoms with van der Waals surface area (Å²) in [5.41, 5.74) is 15.3. The molecule has 0 unspecified atom stereocenters. The minimum absolute atomic E-state index is 0.114. The molecule has 0 atom stereocenters. The van der Waals surface area contributed by atoms with Gasteiger partial charge in [0, 0.05) is 31.5 Å². The fourth-order valence-corrected chi connectivity index (χ4v) is 3.99. The van der Waals surface area contributed by atoms with Crippen LogP contribution in [0, 0.1) is 0 Å². The van der Waals surface area contributed by atoms with Crippen LogP contribution in [0.15, 0.2) is 36.5 Å². The molecular formula is C21H27N5O. The fourth-order valence-electron chi connectivity index (χ4n) is 3.99. The highest BCUT2D eigenvalue weighted by atomic mass is 16.2. The van der Waals surface area contributed by atoms with Crippen LogP contribution >= 0.6 is 0 Å². The molecule has 0 spiro atoms. The Bertz CT molecular complexity index is 812. The number of nitrogens with two attached hydrogens (primary N) is 2. The lowest BCUT2D eigenvalue weighted by Crippen LogP contribution is -2.36. The van der Waals surface area contributed by atoms with Crippen molar-refractivity contribution < 1.29 is 4.79 Å². The van der Waals surface area contributed by atoms with Gasteiger partial charge in [0.1, 0.15) is 5.82 Å². The zero-order valence-electron chi connectivity index (χ0n) is 15.6. The number of anilines is 2. The standard InChI is InChI=1S/C21H27N5O/c22-19(23)15-6-8-18(9-7-15)26-12-4-5-16-13-17(14-24-20(16)26)21(27)25-10-2-1-3-11-25/h6-9,13-14,19H,1-5,10-12,22-23H2. The number of aryl methyl sites for hydroxylation is 1. The topological polar surface area (TPSA) is 88.5 Å². The number of carbonyl (C=O) groups excluding carboxylic acids is 1. The van der Waals surface area contributed by atoms with E-state index in [0.717, 1.165) is 67.9 Å². The van der Waals surface area contributed by atoms with Crippen molar-refractivity contribution in [3.8, 4) is 0 Å². The van der Waals surface area contributed by atoms with Crippen LogP contribution in [0.4, 0.5) is 11.5 Å².